The highest BCUT2D eigenvalue weighted by Gasteiger charge is 1.38. The van der Waals surface area contributed by atoms with Gasteiger partial charge in [-0.05, 0) is 0 Å². The van der Waals surface area contributed by atoms with Crippen molar-refractivity contribution in [3.05, 3.63) is 6.00 Å². The Labute approximate surface area is 41.3 Å². The third kappa shape index (κ3) is 14.4. The highest BCUT2D eigenvalue weighted by atomic mass is 35.5. The summed E-state index contributed by atoms with van der Waals surface area (Å²) in [7, 11) is 0. The van der Waals surface area contributed by atoms with Crippen LogP contribution in [0.3, 0.4) is 0 Å². The van der Waals surface area contributed by atoms with Gasteiger partial charge in [-0.15, -0.1) is 11.6 Å². The fourth-order valence-corrected chi connectivity index (χ4v) is 0. The van der Waals surface area contributed by atoms with E-state index in [0.717, 1.165) is 6.00 Å². The third-order valence-corrected chi connectivity index (χ3v) is 0. The molecule has 0 aromatic carbocycles. The van der Waals surface area contributed by atoms with E-state index in [4.69, 9.17) is 0 Å². The van der Waals surface area contributed by atoms with E-state index in [1.54, 1.807) is 0 Å². The van der Waals surface area contributed by atoms with Crippen molar-refractivity contribution in [2.24, 2.45) is 5.73 Å². The molecule has 3 heteroatoms. The molecular weight excluding hydrogens is 88.5 g/mol. The van der Waals surface area contributed by atoms with Gasteiger partial charge < -0.3 is 5.73 Å². The van der Waals surface area contributed by atoms with Gasteiger partial charge in [-0.2, -0.15) is 0 Å². The zero-order chi connectivity index (χ0) is 2.71. The van der Waals surface area contributed by atoms with Crippen LogP contribution in [0.4, 0.5) is 0 Å². The van der Waals surface area contributed by atoms with E-state index in [-0.39, 0.29) is 17.4 Å². The van der Waals surface area contributed by atoms with E-state index in [0.29, 0.717) is 0 Å². The smallest absolute Gasteiger partial charge is 0.187 e. The monoisotopic (exact) mass is 94.0 g/mol. The topological polar surface area (TPSA) is 26.0 Å². The van der Waals surface area contributed by atoms with E-state index in [1.165, 1.54) is 0 Å². The number of hydrogen-bond acceptors (Lipinski definition) is 1. The summed E-state index contributed by atoms with van der Waals surface area (Å²) in [5.74, 6) is 0. The van der Waals surface area contributed by atoms with E-state index < -0.39 is 0 Å². The van der Waals surface area contributed by atoms with Crippen LogP contribution in [0.2, 0.25) is 0 Å². The molecule has 0 aromatic rings. The van der Waals surface area contributed by atoms with Crippen LogP contribution in [-0.4, -0.2) is 17.4 Å². The molecule has 0 aliphatic rings. The van der Waals surface area contributed by atoms with Gasteiger partial charge in [-0.1, -0.05) is 0 Å². The lowest BCUT2D eigenvalue weighted by molar-refractivity contribution is 1.57. The average molecular weight is 94.5 g/mol. The molecule has 0 aliphatic heterocycles. The van der Waals surface area contributed by atoms with Gasteiger partial charge in [0.25, 0.3) is 0 Å². The second-order valence-electron chi connectivity index (χ2n) is 0.126. The van der Waals surface area contributed by atoms with Crippen LogP contribution < -0.4 is 5.73 Å². The molecule has 0 fully saturated rings. The number of hydrogen-bond donors (Lipinski definition) is 1. The minimum atomic E-state index is 0. The van der Waals surface area contributed by atoms with Crippen LogP contribution in [0, 0.1) is 6.00 Å². The molecule has 4 heavy (non-hydrogen) atoms. The van der Waals surface area contributed by atoms with E-state index in [2.05, 4.69) is 17.3 Å². The first-order chi connectivity index (χ1) is 1.41. The molecule has 0 rings (SSSR count). The van der Waals surface area contributed by atoms with Crippen molar-refractivity contribution in [1.29, 1.82) is 0 Å². The lowest BCUT2D eigenvalue weighted by atomic mass is 11.6. The zero-order valence-electron chi connectivity index (χ0n) is 1.53. The largest absolute Gasteiger partial charge is 0.313 e. The first-order valence-corrected chi connectivity index (χ1v) is 0.988. The van der Waals surface area contributed by atoms with Gasteiger partial charge >= 0.3 is 0 Å². The second-order valence-corrected chi connectivity index (χ2v) is 0.378. The van der Waals surface area contributed by atoms with Gasteiger partial charge in [-0.3, -0.25) is 0 Å². The van der Waals surface area contributed by atoms with Gasteiger partial charge in [0.2, 0.25) is 0 Å². The lowest BCUT2D eigenvalue weighted by Gasteiger charge is -1.48. The quantitative estimate of drug-likeness (QED) is 0.306. The van der Waals surface area contributed by atoms with Crippen LogP contribution >= 0.6 is 11.6 Å². The second kappa shape index (κ2) is 9.22. The maximum absolute atomic E-state index is 4.65. The molecule has 0 atom stereocenters. The van der Waals surface area contributed by atoms with Gasteiger partial charge in [-0.25, -0.2) is 0 Å². The SMILES string of the molecule is N[CH]Cl.[AlH3]. The number of nitrogens with two attached hydrogens (primary N) is 1. The summed E-state index contributed by atoms with van der Waals surface area (Å²) in [6.07, 6.45) is 0. The minimum Gasteiger partial charge on any atom is -0.313 e. The normalized spacial score (nSPS) is 4.50. The molecule has 0 unspecified atom stereocenters. The number of halogens is 1. The lowest BCUT2D eigenvalue weighted by Crippen LogP contribution is -1.73. The van der Waals surface area contributed by atoms with E-state index >= 15 is 0 Å². The summed E-state index contributed by atoms with van der Waals surface area (Å²) in [6.45, 7) is 0. The van der Waals surface area contributed by atoms with Crippen molar-refractivity contribution in [1.82, 2.24) is 0 Å². The van der Waals surface area contributed by atoms with E-state index in [1.807, 2.05) is 0 Å². The van der Waals surface area contributed by atoms with Gasteiger partial charge in [0, 0.05) is 0 Å². The number of rotatable bonds is 0. The maximum atomic E-state index is 4.65. The minimum absolute atomic E-state index is 0. The summed E-state index contributed by atoms with van der Waals surface area (Å²) in [5, 5.41) is 0. The van der Waals surface area contributed by atoms with Crippen LogP contribution in [0.25, 0.3) is 0 Å². The fraction of sp³-hybridized carbons (Fsp3) is 0. The molecule has 0 saturated carbocycles. The molecule has 1 nitrogen and oxygen atoms in total. The highest BCUT2D eigenvalue weighted by molar-refractivity contribution is 6.22. The third-order valence-electron chi connectivity index (χ3n) is 0. The molecule has 25 valence electrons. The van der Waals surface area contributed by atoms with Crippen molar-refractivity contribution in [3.63, 3.8) is 0 Å². The van der Waals surface area contributed by atoms with Crippen molar-refractivity contribution in [3.8, 4) is 0 Å². The summed E-state index contributed by atoms with van der Waals surface area (Å²) < 4.78 is 0. The molecular formula is CH6AlClN. The van der Waals surface area contributed by atoms with Crippen molar-refractivity contribution in [2.45, 2.75) is 0 Å². The molecule has 0 spiro atoms. The highest BCUT2D eigenvalue weighted by Crippen LogP contribution is 1.58. The van der Waals surface area contributed by atoms with Crippen LogP contribution in [0.15, 0.2) is 0 Å². The fourth-order valence-electron chi connectivity index (χ4n) is 0. The summed E-state index contributed by atoms with van der Waals surface area (Å²) >= 11 is 4.65. The predicted molar refractivity (Wildman–Crippen MR) is 24.3 cm³/mol. The van der Waals surface area contributed by atoms with Gasteiger partial charge in [0.05, 0.1) is 0 Å². The first-order valence-electron chi connectivity index (χ1n) is 0.552. The van der Waals surface area contributed by atoms with Crippen LogP contribution in [0.1, 0.15) is 0 Å². The van der Waals surface area contributed by atoms with Gasteiger partial charge in [0.15, 0.2) is 17.4 Å². The van der Waals surface area contributed by atoms with Crippen molar-refractivity contribution in [2.75, 3.05) is 0 Å². The van der Waals surface area contributed by atoms with Crippen molar-refractivity contribution >= 4 is 29.0 Å². The molecule has 2 N–H and O–H groups in total. The maximum Gasteiger partial charge on any atom is 0.187 e. The first kappa shape index (κ1) is 8.84. The Bertz CT molecular complexity index is 8.00. The molecule has 0 saturated heterocycles. The Kier molecular flexibility index (Phi) is 20.4. The molecule has 0 bridgehead atoms. The Hall–Kier alpha value is 0.782. The Morgan fingerprint density at radius 1 is 1.75 bits per heavy atom. The summed E-state index contributed by atoms with van der Waals surface area (Å²) in [4.78, 5) is 0. The average Bonchev–Trinajstić information content (AvgIpc) is 0.918. The summed E-state index contributed by atoms with van der Waals surface area (Å²) in [6, 6.07) is 0.972. The van der Waals surface area contributed by atoms with E-state index in [9.17, 15) is 0 Å². The molecule has 0 heterocycles. The molecule has 1 radical (unpaired) electrons. The Morgan fingerprint density at radius 3 is 1.75 bits per heavy atom. The Balaban J connectivity index is 0. The molecule has 0 amide bonds. The predicted octanol–water partition coefficient (Wildman–Crippen LogP) is -0.881. The van der Waals surface area contributed by atoms with Crippen LogP contribution in [0.5, 0.6) is 0 Å². The van der Waals surface area contributed by atoms with Crippen LogP contribution in [-0.2, 0) is 0 Å². The summed E-state index contributed by atoms with van der Waals surface area (Å²) in [5.41, 5.74) is 4.49. The molecule has 0 aliphatic carbocycles. The zero-order valence-corrected chi connectivity index (χ0v) is 2.29. The molecule has 0 aromatic heterocycles. The van der Waals surface area contributed by atoms with Gasteiger partial charge in [0.1, 0.15) is 6.00 Å². The van der Waals surface area contributed by atoms with Crippen molar-refractivity contribution < 1.29 is 0 Å². The standard InChI is InChI=1S/CH3ClN.Al.3H/c2-1-3;;;;/h1H,3H2;;;;. The Morgan fingerprint density at radius 2 is 1.75 bits per heavy atom.